The summed E-state index contributed by atoms with van der Waals surface area (Å²) in [5.41, 5.74) is 1.10. The van der Waals surface area contributed by atoms with Gasteiger partial charge in [-0.1, -0.05) is 29.8 Å². The van der Waals surface area contributed by atoms with E-state index in [0.29, 0.717) is 11.3 Å². The number of alkyl halides is 4. The number of hydrogen-bond donors (Lipinski definition) is 1. The van der Waals surface area contributed by atoms with E-state index in [9.17, 15) is 27.2 Å². The highest BCUT2D eigenvalue weighted by atomic mass is 35.5. The number of nitrogens with one attached hydrogen (secondary N) is 1. The molecule has 4 rings (SSSR count). The van der Waals surface area contributed by atoms with Crippen LogP contribution in [0, 0.1) is 0 Å². The van der Waals surface area contributed by atoms with Gasteiger partial charge in [0.15, 0.2) is 0 Å². The third-order valence-electron chi connectivity index (χ3n) is 5.33. The van der Waals surface area contributed by atoms with E-state index in [0.717, 1.165) is 23.1 Å². The highest BCUT2D eigenvalue weighted by molar-refractivity contribution is 6.33. The summed E-state index contributed by atoms with van der Waals surface area (Å²) in [6.07, 6.45) is -1.17. The van der Waals surface area contributed by atoms with Gasteiger partial charge >= 0.3 is 6.61 Å². The Kier molecular flexibility index (Phi) is 6.88. The van der Waals surface area contributed by atoms with Crippen molar-refractivity contribution in [3.8, 4) is 17.0 Å². The van der Waals surface area contributed by atoms with Crippen LogP contribution in [0.15, 0.2) is 48.7 Å². The first-order valence-electron chi connectivity index (χ1n) is 10.3. The quantitative estimate of drug-likeness (QED) is 0.355. The van der Waals surface area contributed by atoms with Gasteiger partial charge in [0.25, 0.3) is 6.43 Å². The summed E-state index contributed by atoms with van der Waals surface area (Å²) in [6.45, 7) is -2.14. The normalized spacial score (nSPS) is 15.0. The third kappa shape index (κ3) is 5.04. The average Bonchev–Trinajstić information content (AvgIpc) is 2.89. The van der Waals surface area contributed by atoms with Crippen molar-refractivity contribution in [3.63, 3.8) is 0 Å². The van der Waals surface area contributed by atoms with Gasteiger partial charge < -0.3 is 15.0 Å². The number of nitrogens with zero attached hydrogens (tertiary/aromatic N) is 3. The molecule has 3 heterocycles. The van der Waals surface area contributed by atoms with Gasteiger partial charge in [0.05, 0.1) is 17.3 Å². The van der Waals surface area contributed by atoms with E-state index in [1.807, 2.05) is 0 Å². The number of benzene rings is 1. The largest absolute Gasteiger partial charge is 0.417 e. The van der Waals surface area contributed by atoms with Crippen molar-refractivity contribution in [1.82, 2.24) is 9.97 Å². The smallest absolute Gasteiger partial charge is 0.388 e. The molecule has 0 radical (unpaired) electrons. The van der Waals surface area contributed by atoms with Crippen molar-refractivity contribution in [2.75, 3.05) is 16.8 Å². The van der Waals surface area contributed by atoms with Crippen LogP contribution in [0.1, 0.15) is 30.5 Å². The van der Waals surface area contributed by atoms with Gasteiger partial charge in [-0.05, 0) is 25.1 Å². The van der Waals surface area contributed by atoms with Crippen LogP contribution < -0.4 is 15.0 Å². The Morgan fingerprint density at radius 3 is 2.57 bits per heavy atom. The van der Waals surface area contributed by atoms with Gasteiger partial charge in [0, 0.05) is 34.6 Å². The lowest BCUT2D eigenvalue weighted by Crippen LogP contribution is -2.40. The predicted molar refractivity (Wildman–Crippen MR) is 120 cm³/mol. The predicted octanol–water partition coefficient (Wildman–Crippen LogP) is 5.42. The van der Waals surface area contributed by atoms with E-state index in [2.05, 4.69) is 20.0 Å². The molecule has 1 unspecified atom stereocenters. The summed E-state index contributed by atoms with van der Waals surface area (Å²) in [4.78, 5) is 35.4. The molecule has 182 valence electrons. The van der Waals surface area contributed by atoms with E-state index in [4.69, 9.17) is 11.6 Å². The first-order chi connectivity index (χ1) is 16.7. The van der Waals surface area contributed by atoms with E-state index in [1.54, 1.807) is 19.1 Å². The second-order valence-corrected chi connectivity index (χ2v) is 7.94. The molecule has 1 aliphatic rings. The molecule has 1 aliphatic heterocycles. The highest BCUT2D eigenvalue weighted by Gasteiger charge is 2.35. The van der Waals surface area contributed by atoms with Crippen LogP contribution in [-0.2, 0) is 9.59 Å². The fourth-order valence-corrected chi connectivity index (χ4v) is 4.04. The third-order valence-corrected chi connectivity index (χ3v) is 5.61. The number of anilines is 2. The van der Waals surface area contributed by atoms with E-state index < -0.39 is 43.2 Å². The molecule has 1 atom stereocenters. The number of ether oxygens (including phenoxy) is 1. The summed E-state index contributed by atoms with van der Waals surface area (Å²) >= 11 is 6.33. The van der Waals surface area contributed by atoms with Crippen molar-refractivity contribution in [2.45, 2.75) is 25.9 Å². The molecule has 35 heavy (non-hydrogen) atoms. The molecule has 2 aromatic heterocycles. The van der Waals surface area contributed by atoms with Crippen LogP contribution in [0.5, 0.6) is 5.88 Å². The van der Waals surface area contributed by atoms with Crippen LogP contribution in [0.2, 0.25) is 5.15 Å². The number of amides is 2. The molecule has 0 aliphatic carbocycles. The van der Waals surface area contributed by atoms with Crippen molar-refractivity contribution in [1.29, 1.82) is 0 Å². The van der Waals surface area contributed by atoms with Crippen LogP contribution in [0.4, 0.5) is 28.9 Å². The number of carbonyl (C=O) groups is 2. The van der Waals surface area contributed by atoms with Crippen molar-refractivity contribution in [3.05, 3.63) is 65.1 Å². The number of halogens is 5. The van der Waals surface area contributed by atoms with Crippen LogP contribution in [0.3, 0.4) is 0 Å². The number of aromatic nitrogens is 2. The van der Waals surface area contributed by atoms with Crippen LogP contribution in [0.25, 0.3) is 11.1 Å². The lowest BCUT2D eigenvalue weighted by atomic mass is 9.98. The van der Waals surface area contributed by atoms with Crippen molar-refractivity contribution < 1.29 is 31.9 Å². The lowest BCUT2D eigenvalue weighted by molar-refractivity contribution is -0.122. The Hall–Kier alpha value is -3.73. The monoisotopic (exact) mass is 508 g/mol. The second-order valence-electron chi connectivity index (χ2n) is 7.58. The van der Waals surface area contributed by atoms with Gasteiger partial charge in [-0.2, -0.15) is 8.78 Å². The lowest BCUT2D eigenvalue weighted by Gasteiger charge is -2.25. The van der Waals surface area contributed by atoms with Gasteiger partial charge in [-0.25, -0.2) is 13.8 Å². The van der Waals surface area contributed by atoms with E-state index in [1.165, 1.54) is 18.3 Å². The summed E-state index contributed by atoms with van der Waals surface area (Å²) in [6, 6.07) is 9.30. The van der Waals surface area contributed by atoms with Crippen LogP contribution >= 0.6 is 11.6 Å². The molecule has 0 bridgehead atoms. The minimum atomic E-state index is -3.20. The van der Waals surface area contributed by atoms with E-state index >= 15 is 0 Å². The van der Waals surface area contributed by atoms with Gasteiger partial charge in [-0.15, -0.1) is 0 Å². The Bertz CT molecular complexity index is 1270. The summed E-state index contributed by atoms with van der Waals surface area (Å²) in [7, 11) is 0. The second kappa shape index (κ2) is 9.87. The highest BCUT2D eigenvalue weighted by Crippen LogP contribution is 2.44. The minimum absolute atomic E-state index is 0.0347. The molecular weight excluding hydrogens is 492 g/mol. The van der Waals surface area contributed by atoms with Gasteiger partial charge in [0.1, 0.15) is 11.7 Å². The summed E-state index contributed by atoms with van der Waals surface area (Å²) < 4.78 is 55.7. The molecule has 1 aromatic carbocycles. The number of pyridine rings is 2. The Balaban J connectivity index is 1.73. The maximum Gasteiger partial charge on any atom is 0.388 e. The molecule has 7 nitrogen and oxygen atoms in total. The van der Waals surface area contributed by atoms with E-state index in [-0.39, 0.29) is 27.7 Å². The number of hydrogen-bond acceptors (Lipinski definition) is 5. The zero-order valence-electron chi connectivity index (χ0n) is 18.0. The average molecular weight is 509 g/mol. The molecule has 12 heteroatoms. The Labute approximate surface area is 201 Å². The number of fused-ring (bicyclic) bond motifs is 3. The Morgan fingerprint density at radius 2 is 1.91 bits per heavy atom. The number of rotatable bonds is 6. The molecule has 0 spiro atoms. The Morgan fingerprint density at radius 1 is 1.20 bits per heavy atom. The summed E-state index contributed by atoms with van der Waals surface area (Å²) in [5.74, 6) is -2.56. The fraction of sp³-hybridized carbons (Fsp3) is 0.217. The molecule has 3 aromatic rings. The number of carbonyl (C=O) groups excluding carboxylic acids is 2. The first kappa shape index (κ1) is 24.4. The van der Waals surface area contributed by atoms with Gasteiger partial charge in [0.2, 0.25) is 17.7 Å². The molecule has 0 saturated carbocycles. The molecular formula is C23H17ClF4N4O3. The van der Waals surface area contributed by atoms with Crippen molar-refractivity contribution >= 4 is 34.8 Å². The van der Waals surface area contributed by atoms with Crippen molar-refractivity contribution in [2.24, 2.45) is 0 Å². The van der Waals surface area contributed by atoms with Gasteiger partial charge in [-0.3, -0.25) is 14.6 Å². The molecule has 0 fully saturated rings. The molecule has 0 saturated heterocycles. The minimum Gasteiger partial charge on any atom is -0.417 e. The zero-order chi connectivity index (χ0) is 25.3. The maximum absolute atomic E-state index is 13.4. The molecule has 2 amide bonds. The maximum atomic E-state index is 13.4. The van der Waals surface area contributed by atoms with Crippen LogP contribution in [-0.4, -0.2) is 34.9 Å². The first-order valence-corrected chi connectivity index (χ1v) is 10.6. The fourth-order valence-electron chi connectivity index (χ4n) is 3.76. The standard InChI is InChI=1S/C23H17ClF4N4O3/c1-11-19-14(3-2-8-29-19)18-15(9-17(31-20(18)24)35-23(27)28)32(22(11)34)10-16(33)30-13-6-4-12(5-7-13)21(25)26/h2-9,11,21,23H,10H2,1H3,(H,30,33). The SMILES string of the molecule is CC1C(=O)N(CC(=O)Nc2ccc(C(F)F)cc2)c2cc(OC(F)F)nc(Cl)c2-c2cccnc21. The topological polar surface area (TPSA) is 84.4 Å². The zero-order valence-corrected chi connectivity index (χ0v) is 18.8. The summed E-state index contributed by atoms with van der Waals surface area (Å²) in [5, 5.41) is 2.31. The molecule has 1 N–H and O–H groups in total.